The van der Waals surface area contributed by atoms with Crippen molar-refractivity contribution in [1.82, 2.24) is 0 Å². The first-order chi connectivity index (χ1) is 13.1. The number of fused-ring (bicyclic) bond motifs is 3. The number of esters is 1. The predicted octanol–water partition coefficient (Wildman–Crippen LogP) is 3.38. The molecule has 3 aliphatic rings. The fourth-order valence-corrected chi connectivity index (χ4v) is 6.30. The molecule has 154 valence electrons. The lowest BCUT2D eigenvalue weighted by molar-refractivity contribution is -0.205. The second kappa shape index (κ2) is 6.42. The number of hydrogen-bond acceptors (Lipinski definition) is 6. The number of hydrogen-bond donors (Lipinski definition) is 1. The van der Waals surface area contributed by atoms with Crippen LogP contribution in [-0.4, -0.2) is 41.3 Å². The van der Waals surface area contributed by atoms with Gasteiger partial charge in [0.25, 0.3) is 0 Å². The molecule has 1 N–H and O–H groups in total. The molecular weight excluding hydrogens is 360 g/mol. The molecule has 0 bridgehead atoms. The van der Waals surface area contributed by atoms with Gasteiger partial charge in [0.05, 0.1) is 29.4 Å². The van der Waals surface area contributed by atoms with Gasteiger partial charge in [0.2, 0.25) is 0 Å². The first-order valence-electron chi connectivity index (χ1n) is 10.2. The Morgan fingerprint density at radius 3 is 2.71 bits per heavy atom. The summed E-state index contributed by atoms with van der Waals surface area (Å²) < 4.78 is 16.7. The Balaban J connectivity index is 1.73. The van der Waals surface area contributed by atoms with Crippen molar-refractivity contribution >= 4 is 11.8 Å². The lowest BCUT2D eigenvalue weighted by Crippen LogP contribution is -2.66. The molecule has 1 aromatic rings. The molecule has 6 nitrogen and oxygen atoms in total. The topological polar surface area (TPSA) is 89.3 Å². The van der Waals surface area contributed by atoms with Crippen molar-refractivity contribution in [2.24, 2.45) is 22.7 Å². The molecule has 0 amide bonds. The lowest BCUT2D eigenvalue weighted by atomic mass is 9.43. The molecule has 1 aromatic heterocycles. The minimum Gasteiger partial charge on any atom is -0.472 e. The number of carbonyl (C=O) groups is 2. The second-order valence-electron chi connectivity index (χ2n) is 9.43. The maximum absolute atomic E-state index is 13.0. The lowest BCUT2D eigenvalue weighted by Gasteiger charge is -2.61. The Bertz CT molecular complexity index is 772. The first kappa shape index (κ1) is 19.6. The zero-order valence-electron chi connectivity index (χ0n) is 17.1. The summed E-state index contributed by atoms with van der Waals surface area (Å²) in [6.45, 7) is 7.82. The molecule has 2 heterocycles. The van der Waals surface area contributed by atoms with Crippen molar-refractivity contribution in [2.75, 3.05) is 6.61 Å². The highest BCUT2D eigenvalue weighted by Crippen LogP contribution is 2.70. The molecule has 1 saturated heterocycles. The molecule has 0 aromatic carbocycles. The van der Waals surface area contributed by atoms with E-state index in [1.54, 1.807) is 6.07 Å². The van der Waals surface area contributed by atoms with Gasteiger partial charge >= 0.3 is 5.97 Å². The molecule has 6 heteroatoms. The zero-order valence-corrected chi connectivity index (χ0v) is 17.1. The van der Waals surface area contributed by atoms with Gasteiger partial charge in [-0.25, -0.2) is 0 Å². The fourth-order valence-electron chi connectivity index (χ4n) is 6.30. The maximum atomic E-state index is 13.0. The van der Waals surface area contributed by atoms with Crippen LogP contribution < -0.4 is 0 Å². The highest BCUT2D eigenvalue weighted by Gasteiger charge is 2.77. The zero-order chi connectivity index (χ0) is 20.3. The third-order valence-electron chi connectivity index (χ3n) is 8.20. The van der Waals surface area contributed by atoms with Crippen LogP contribution in [0.15, 0.2) is 23.0 Å². The van der Waals surface area contributed by atoms with E-state index in [9.17, 15) is 14.7 Å². The van der Waals surface area contributed by atoms with Crippen LogP contribution in [0, 0.1) is 22.7 Å². The van der Waals surface area contributed by atoms with Gasteiger partial charge in [-0.3, -0.25) is 9.59 Å². The van der Waals surface area contributed by atoms with Gasteiger partial charge in [0.15, 0.2) is 5.78 Å². The molecule has 2 saturated carbocycles. The Labute approximate surface area is 165 Å². The van der Waals surface area contributed by atoms with E-state index >= 15 is 0 Å². The van der Waals surface area contributed by atoms with Crippen molar-refractivity contribution < 1.29 is 28.6 Å². The largest absolute Gasteiger partial charge is 0.472 e. The minimum absolute atomic E-state index is 0.0118. The molecule has 4 rings (SSSR count). The number of aliphatic hydroxyl groups excluding tert-OH is 1. The fraction of sp³-hybridized carbons (Fsp3) is 0.727. The molecule has 0 radical (unpaired) electrons. The number of rotatable bonds is 5. The average molecular weight is 390 g/mol. The highest BCUT2D eigenvalue weighted by atomic mass is 16.6. The van der Waals surface area contributed by atoms with Crippen molar-refractivity contribution in [3.8, 4) is 0 Å². The Kier molecular flexibility index (Phi) is 4.51. The molecule has 2 aliphatic carbocycles. The van der Waals surface area contributed by atoms with Crippen LogP contribution in [0.1, 0.15) is 63.7 Å². The molecule has 7 atom stereocenters. The van der Waals surface area contributed by atoms with Gasteiger partial charge in [0, 0.05) is 13.3 Å². The van der Waals surface area contributed by atoms with Crippen LogP contribution in [0.5, 0.6) is 0 Å². The van der Waals surface area contributed by atoms with E-state index in [0.717, 1.165) is 12.8 Å². The van der Waals surface area contributed by atoms with Crippen LogP contribution in [-0.2, 0) is 14.3 Å². The van der Waals surface area contributed by atoms with Gasteiger partial charge in [-0.1, -0.05) is 13.8 Å². The van der Waals surface area contributed by atoms with E-state index in [1.807, 2.05) is 6.92 Å². The predicted molar refractivity (Wildman–Crippen MR) is 101 cm³/mol. The standard InChI is InChI=1S/C22H30O6/c1-13-9-18(25)22(12-27-14(2)23)17(5-6-19-21(22,4)28-19)20(13,3)10-16(24)15-7-8-26-11-15/h7-8,11,13,17-19,25H,5-6,9-10,12H2,1-4H3. The number of aliphatic hydroxyl groups is 1. The smallest absolute Gasteiger partial charge is 0.302 e. The Morgan fingerprint density at radius 1 is 1.32 bits per heavy atom. The summed E-state index contributed by atoms with van der Waals surface area (Å²) in [6.07, 6.45) is 5.11. The summed E-state index contributed by atoms with van der Waals surface area (Å²) in [6, 6.07) is 1.70. The highest BCUT2D eigenvalue weighted by molar-refractivity contribution is 5.96. The van der Waals surface area contributed by atoms with Crippen LogP contribution in [0.4, 0.5) is 0 Å². The molecular formula is C22H30O6. The number of carbonyl (C=O) groups excluding carboxylic acids is 2. The molecule has 0 spiro atoms. The third-order valence-corrected chi connectivity index (χ3v) is 8.20. The van der Waals surface area contributed by atoms with Gasteiger partial charge in [-0.05, 0) is 49.5 Å². The van der Waals surface area contributed by atoms with Gasteiger partial charge in [-0.15, -0.1) is 0 Å². The summed E-state index contributed by atoms with van der Waals surface area (Å²) in [5.41, 5.74) is -0.981. The molecule has 3 fully saturated rings. The van der Waals surface area contributed by atoms with Gasteiger partial charge in [-0.2, -0.15) is 0 Å². The monoisotopic (exact) mass is 390 g/mol. The maximum Gasteiger partial charge on any atom is 0.302 e. The van der Waals surface area contributed by atoms with E-state index < -0.39 is 17.1 Å². The van der Waals surface area contributed by atoms with Crippen molar-refractivity contribution in [3.63, 3.8) is 0 Å². The second-order valence-corrected chi connectivity index (χ2v) is 9.43. The summed E-state index contributed by atoms with van der Waals surface area (Å²) >= 11 is 0. The van der Waals surface area contributed by atoms with Crippen molar-refractivity contribution in [1.29, 1.82) is 0 Å². The van der Waals surface area contributed by atoms with Crippen molar-refractivity contribution in [3.05, 3.63) is 24.2 Å². The Morgan fingerprint density at radius 2 is 2.07 bits per heavy atom. The third kappa shape index (κ3) is 2.61. The molecule has 1 aliphatic heterocycles. The number of epoxide rings is 1. The van der Waals surface area contributed by atoms with E-state index in [2.05, 4.69) is 13.8 Å². The van der Waals surface area contributed by atoms with Gasteiger partial charge in [0.1, 0.15) is 18.5 Å². The normalized spacial score (nSPS) is 44.3. The first-order valence-corrected chi connectivity index (χ1v) is 10.2. The van der Waals surface area contributed by atoms with Crippen LogP contribution >= 0.6 is 0 Å². The van der Waals surface area contributed by atoms with E-state index in [0.29, 0.717) is 18.4 Å². The van der Waals surface area contributed by atoms with E-state index in [-0.39, 0.29) is 41.7 Å². The van der Waals surface area contributed by atoms with Gasteiger partial charge < -0.3 is 19.0 Å². The summed E-state index contributed by atoms with van der Waals surface area (Å²) in [4.78, 5) is 24.6. The Hall–Kier alpha value is -1.66. The average Bonchev–Trinajstić information content (AvgIpc) is 3.05. The van der Waals surface area contributed by atoms with E-state index in [4.69, 9.17) is 13.9 Å². The number of ketones is 1. The minimum atomic E-state index is -0.695. The summed E-state index contributed by atoms with van der Waals surface area (Å²) in [5, 5.41) is 11.3. The SMILES string of the molecule is CC(=O)OCC12C(O)CC(C)C(C)(CC(=O)c3ccoc3)C1CCC1OC12C. The number of ether oxygens (including phenoxy) is 2. The molecule has 28 heavy (non-hydrogen) atoms. The quantitative estimate of drug-likeness (QED) is 0.471. The summed E-state index contributed by atoms with van der Waals surface area (Å²) in [7, 11) is 0. The van der Waals surface area contributed by atoms with Crippen molar-refractivity contribution in [2.45, 2.75) is 71.2 Å². The number of furan rings is 1. The molecule has 7 unspecified atom stereocenters. The summed E-state index contributed by atoms with van der Waals surface area (Å²) in [5.74, 6) is -0.156. The van der Waals surface area contributed by atoms with Crippen LogP contribution in [0.2, 0.25) is 0 Å². The number of Topliss-reactive ketones (excluding diaryl/α,β-unsaturated/α-hetero) is 1. The van der Waals surface area contributed by atoms with Crippen LogP contribution in [0.3, 0.4) is 0 Å². The van der Waals surface area contributed by atoms with E-state index in [1.165, 1.54) is 19.5 Å². The van der Waals surface area contributed by atoms with Crippen LogP contribution in [0.25, 0.3) is 0 Å².